The monoisotopic (exact) mass is 329 g/mol. The van der Waals surface area contributed by atoms with Crippen LogP contribution < -0.4 is 5.32 Å². The Morgan fingerprint density at radius 1 is 1.23 bits per heavy atom. The largest absolute Gasteiger partial charge is 0.756 e. The molecule has 2 amide bonds. The van der Waals surface area contributed by atoms with E-state index in [0.29, 0.717) is 10.8 Å². The number of nitrogens with zero attached hydrogens (tertiary/aromatic N) is 1. The molecule has 0 aromatic carbocycles. The van der Waals surface area contributed by atoms with Crippen molar-refractivity contribution in [3.8, 4) is 0 Å². The van der Waals surface area contributed by atoms with E-state index < -0.39 is 18.4 Å². The second kappa shape index (κ2) is 11.5. The Morgan fingerprint density at radius 3 is 2.41 bits per heavy atom. The summed E-state index contributed by atoms with van der Waals surface area (Å²) < 4.78 is 0. The Balaban J connectivity index is 4.12. The lowest BCUT2D eigenvalue weighted by molar-refractivity contribution is -0.134. The van der Waals surface area contributed by atoms with Crippen LogP contribution in [-0.2, 0) is 9.59 Å². The number of nitrogens with one attached hydrogen (secondary N) is 1. The van der Waals surface area contributed by atoms with Crippen LogP contribution >= 0.6 is 12.2 Å². The van der Waals surface area contributed by atoms with Gasteiger partial charge in [-0.2, -0.15) is 0 Å². The maximum Gasteiger partial charge on any atom is 0.239 e. The van der Waals surface area contributed by atoms with Crippen molar-refractivity contribution in [1.82, 2.24) is 10.4 Å². The van der Waals surface area contributed by atoms with Crippen molar-refractivity contribution in [3.05, 3.63) is 5.21 Å². The molecule has 0 spiro atoms. The van der Waals surface area contributed by atoms with Crippen molar-refractivity contribution in [1.29, 1.82) is 0 Å². The molecule has 0 bridgehead atoms. The van der Waals surface area contributed by atoms with Gasteiger partial charge in [-0.3, -0.25) is 9.59 Å². The highest BCUT2D eigenvalue weighted by Crippen LogP contribution is 2.22. The molecular formula is C16H29N2O3S-. The molecule has 0 saturated heterocycles. The lowest BCUT2D eigenvalue weighted by Gasteiger charge is -2.30. The van der Waals surface area contributed by atoms with Crippen molar-refractivity contribution in [2.24, 2.45) is 11.8 Å². The molecule has 2 atom stereocenters. The van der Waals surface area contributed by atoms with Crippen molar-refractivity contribution < 1.29 is 9.59 Å². The average molecular weight is 329 g/mol. The number of carbonyl (C=O) groups excluding carboxylic acids is 2. The van der Waals surface area contributed by atoms with Crippen LogP contribution in [0.25, 0.3) is 0 Å². The van der Waals surface area contributed by atoms with Gasteiger partial charge in [0.2, 0.25) is 11.8 Å². The number of hydrogen-bond donors (Lipinski definition) is 1. The van der Waals surface area contributed by atoms with Crippen molar-refractivity contribution in [3.63, 3.8) is 0 Å². The van der Waals surface area contributed by atoms with Crippen LogP contribution in [-0.4, -0.2) is 34.8 Å². The van der Waals surface area contributed by atoms with Gasteiger partial charge >= 0.3 is 0 Å². The van der Waals surface area contributed by atoms with E-state index in [-0.39, 0.29) is 23.9 Å². The van der Waals surface area contributed by atoms with E-state index in [1.165, 1.54) is 12.8 Å². The highest BCUT2D eigenvalue weighted by atomic mass is 32.1. The third-order valence-electron chi connectivity index (χ3n) is 3.83. The van der Waals surface area contributed by atoms with E-state index >= 15 is 0 Å². The first kappa shape index (κ1) is 21.0. The first-order chi connectivity index (χ1) is 10.3. The molecule has 6 heteroatoms. The summed E-state index contributed by atoms with van der Waals surface area (Å²) in [5.74, 6) is -0.456. The number of unbranched alkanes of at least 4 members (excludes halogenated alkanes) is 2. The predicted octanol–water partition coefficient (Wildman–Crippen LogP) is 3.06. The van der Waals surface area contributed by atoms with Crippen LogP contribution in [0.1, 0.15) is 59.8 Å². The van der Waals surface area contributed by atoms with Crippen LogP contribution in [0.4, 0.5) is 0 Å². The molecule has 1 N–H and O–H groups in total. The zero-order chi connectivity index (χ0) is 17.1. The number of amides is 2. The van der Waals surface area contributed by atoms with Gasteiger partial charge in [-0.15, -0.1) is 0 Å². The standard InChI is InChI=1S/C16H29N2O3S/c1-5-6-7-8-12(2)13(3)9-16(20)18(21)11-15(19)17-10-14(4)22/h12-13H,5-11H2,1-4H3,(H,17,19)/q-1. The van der Waals surface area contributed by atoms with Crippen LogP contribution in [0, 0.1) is 17.0 Å². The van der Waals surface area contributed by atoms with Gasteiger partial charge < -0.3 is 15.6 Å². The van der Waals surface area contributed by atoms with Gasteiger partial charge in [0, 0.05) is 17.8 Å². The summed E-state index contributed by atoms with van der Waals surface area (Å²) in [7, 11) is 0. The van der Waals surface area contributed by atoms with E-state index in [1.54, 1.807) is 6.92 Å². The zero-order valence-electron chi connectivity index (χ0n) is 14.2. The molecule has 0 aliphatic rings. The molecule has 0 saturated carbocycles. The number of hydroxylamine groups is 2. The molecule has 5 nitrogen and oxygen atoms in total. The summed E-state index contributed by atoms with van der Waals surface area (Å²) in [6.45, 7) is 7.75. The summed E-state index contributed by atoms with van der Waals surface area (Å²) in [4.78, 5) is 24.0. The molecule has 0 aliphatic carbocycles. The van der Waals surface area contributed by atoms with Gasteiger partial charge in [0.15, 0.2) is 0 Å². The molecule has 0 aliphatic heterocycles. The molecule has 0 heterocycles. The fourth-order valence-electron chi connectivity index (χ4n) is 2.08. The van der Waals surface area contributed by atoms with E-state index in [9.17, 15) is 14.8 Å². The minimum atomic E-state index is -0.524. The maximum atomic E-state index is 11.9. The van der Waals surface area contributed by atoms with Gasteiger partial charge in [-0.25, -0.2) is 0 Å². The topological polar surface area (TPSA) is 72.5 Å². The van der Waals surface area contributed by atoms with Crippen LogP contribution in [0.2, 0.25) is 0 Å². The molecule has 0 aromatic heterocycles. The third kappa shape index (κ3) is 9.84. The smallest absolute Gasteiger partial charge is 0.239 e. The highest BCUT2D eigenvalue weighted by Gasteiger charge is 2.17. The first-order valence-corrected chi connectivity index (χ1v) is 8.42. The maximum absolute atomic E-state index is 11.9. The fraction of sp³-hybridized carbons (Fsp3) is 0.812. The first-order valence-electron chi connectivity index (χ1n) is 8.01. The highest BCUT2D eigenvalue weighted by molar-refractivity contribution is 7.80. The fourth-order valence-corrected chi connectivity index (χ4v) is 2.15. The minimum Gasteiger partial charge on any atom is -0.756 e. The lowest BCUT2D eigenvalue weighted by Crippen LogP contribution is -2.39. The van der Waals surface area contributed by atoms with Crippen LogP contribution in [0.15, 0.2) is 0 Å². The van der Waals surface area contributed by atoms with Gasteiger partial charge in [-0.1, -0.05) is 58.7 Å². The number of hydrogen-bond acceptors (Lipinski definition) is 4. The molecular weight excluding hydrogens is 300 g/mol. The van der Waals surface area contributed by atoms with Crippen molar-refractivity contribution in [2.45, 2.75) is 59.8 Å². The number of rotatable bonds is 11. The molecule has 128 valence electrons. The average Bonchev–Trinajstić information content (AvgIpc) is 2.44. The zero-order valence-corrected chi connectivity index (χ0v) is 15.0. The second-order valence-electron chi connectivity index (χ2n) is 6.06. The van der Waals surface area contributed by atoms with Gasteiger partial charge in [0.05, 0.1) is 6.54 Å². The van der Waals surface area contributed by atoms with E-state index in [1.807, 2.05) is 6.92 Å². The Bertz CT molecular complexity index is 374. The molecule has 22 heavy (non-hydrogen) atoms. The second-order valence-corrected chi connectivity index (χ2v) is 6.76. The summed E-state index contributed by atoms with van der Waals surface area (Å²) in [6, 6.07) is 0. The summed E-state index contributed by atoms with van der Waals surface area (Å²) in [6.07, 6.45) is 4.77. The molecule has 0 radical (unpaired) electrons. The number of thiocarbonyl (C=S) groups is 1. The Labute approximate surface area is 139 Å². The van der Waals surface area contributed by atoms with Crippen molar-refractivity contribution in [2.75, 3.05) is 13.1 Å². The molecule has 0 aromatic rings. The summed E-state index contributed by atoms with van der Waals surface area (Å²) in [5, 5.41) is 14.4. The van der Waals surface area contributed by atoms with Crippen molar-refractivity contribution >= 4 is 28.9 Å². The van der Waals surface area contributed by atoms with Gasteiger partial charge in [0.25, 0.3) is 0 Å². The predicted molar refractivity (Wildman–Crippen MR) is 93.4 cm³/mol. The van der Waals surface area contributed by atoms with E-state index in [4.69, 9.17) is 12.2 Å². The molecule has 0 fully saturated rings. The third-order valence-corrected chi connectivity index (χ3v) is 3.98. The SMILES string of the molecule is CCCCCC(C)C(C)CC(=O)N([O-])CC(=O)NCC(C)=S. The van der Waals surface area contributed by atoms with Gasteiger partial charge in [0.1, 0.15) is 0 Å². The Kier molecular flexibility index (Phi) is 11.0. The Morgan fingerprint density at radius 2 is 1.86 bits per heavy atom. The minimum absolute atomic E-state index is 0.145. The quantitative estimate of drug-likeness (QED) is 0.359. The summed E-state index contributed by atoms with van der Waals surface area (Å²) in [5.41, 5.74) is 0. The van der Waals surface area contributed by atoms with E-state index in [2.05, 4.69) is 19.2 Å². The summed E-state index contributed by atoms with van der Waals surface area (Å²) >= 11 is 4.83. The van der Waals surface area contributed by atoms with Crippen LogP contribution in [0.5, 0.6) is 0 Å². The number of carbonyl (C=O) groups is 2. The normalized spacial score (nSPS) is 13.3. The lowest BCUT2D eigenvalue weighted by atomic mass is 9.88. The van der Waals surface area contributed by atoms with E-state index in [0.717, 1.165) is 12.8 Å². The Hall–Kier alpha value is -1.01. The molecule has 2 unspecified atom stereocenters. The molecule has 0 rings (SSSR count). The van der Waals surface area contributed by atoms with Gasteiger partial charge in [-0.05, 0) is 18.8 Å². The van der Waals surface area contributed by atoms with Crippen LogP contribution in [0.3, 0.4) is 0 Å².